The average molecular weight is 666 g/mol. The Hall–Kier alpha value is -3.94. The van der Waals surface area contributed by atoms with Crippen LogP contribution in [0.3, 0.4) is 0 Å². The largest absolute Gasteiger partial charge is 0.475 e. The topological polar surface area (TPSA) is 102 Å². The highest BCUT2D eigenvalue weighted by Crippen LogP contribution is 2.49. The van der Waals surface area contributed by atoms with Crippen molar-refractivity contribution in [2.75, 3.05) is 58.8 Å². The van der Waals surface area contributed by atoms with Gasteiger partial charge in [0.1, 0.15) is 53.4 Å². The molecule has 10 nitrogen and oxygen atoms in total. The van der Waals surface area contributed by atoms with Gasteiger partial charge < -0.3 is 29.0 Å². The molecule has 0 spiro atoms. The molecule has 13 heteroatoms. The number of hydrogen-bond acceptors (Lipinski definition) is 10. The molecule has 1 N–H and O–H groups in total. The molecule has 4 aromatic rings. The van der Waals surface area contributed by atoms with Gasteiger partial charge in [0, 0.05) is 39.3 Å². The first-order valence-electron chi connectivity index (χ1n) is 16.6. The van der Waals surface area contributed by atoms with Gasteiger partial charge in [0.25, 0.3) is 0 Å². The van der Waals surface area contributed by atoms with E-state index in [0.717, 1.165) is 32.2 Å². The van der Waals surface area contributed by atoms with Gasteiger partial charge in [-0.25, -0.2) is 18.2 Å². The predicted molar refractivity (Wildman–Crippen MR) is 173 cm³/mol. The van der Waals surface area contributed by atoms with Crippen molar-refractivity contribution in [3.05, 3.63) is 41.5 Å². The maximum atomic E-state index is 17.2. The fraction of sp³-hybridized carbons (Fsp3) is 0.514. The normalized spacial score (nSPS) is 23.8. The van der Waals surface area contributed by atoms with E-state index in [9.17, 15) is 9.50 Å². The van der Waals surface area contributed by atoms with Gasteiger partial charge in [-0.2, -0.15) is 9.97 Å². The number of alkyl halides is 1. The molecule has 0 bridgehead atoms. The van der Waals surface area contributed by atoms with Crippen molar-refractivity contribution in [2.45, 2.75) is 62.2 Å². The first-order valence-corrected chi connectivity index (χ1v) is 16.6. The van der Waals surface area contributed by atoms with E-state index >= 15 is 8.78 Å². The van der Waals surface area contributed by atoms with E-state index < -0.39 is 17.5 Å². The van der Waals surface area contributed by atoms with E-state index in [0.29, 0.717) is 52.9 Å². The van der Waals surface area contributed by atoms with E-state index in [1.807, 2.05) is 4.90 Å². The fourth-order valence-corrected chi connectivity index (χ4v) is 7.85. The number of benzene rings is 2. The van der Waals surface area contributed by atoms with Crippen LogP contribution in [-0.4, -0.2) is 96.6 Å². The van der Waals surface area contributed by atoms with Crippen LogP contribution in [-0.2, 0) is 4.74 Å². The molecule has 5 heterocycles. The molecule has 1 saturated carbocycles. The molecule has 3 atom stereocenters. The third-order valence-electron chi connectivity index (χ3n) is 10.4. The number of ether oxygens (including phenoxy) is 4. The van der Waals surface area contributed by atoms with Crippen molar-refractivity contribution in [2.24, 2.45) is 0 Å². The third-order valence-corrected chi connectivity index (χ3v) is 10.4. The van der Waals surface area contributed by atoms with Gasteiger partial charge in [-0.3, -0.25) is 4.90 Å². The Balaban J connectivity index is 1.32. The molecule has 0 amide bonds. The molecule has 3 fully saturated rings. The summed E-state index contributed by atoms with van der Waals surface area (Å²) in [5, 5.41) is 11.3. The average Bonchev–Trinajstić information content (AvgIpc) is 3.79. The van der Waals surface area contributed by atoms with Gasteiger partial charge in [0.05, 0.1) is 11.6 Å². The van der Waals surface area contributed by atoms with Gasteiger partial charge in [-0.05, 0) is 79.1 Å². The zero-order chi connectivity index (χ0) is 33.2. The Morgan fingerprint density at radius 1 is 1.10 bits per heavy atom. The number of nitrogens with zero attached hydrogens (tertiary/aromatic N) is 5. The molecule has 2 aromatic heterocycles. The van der Waals surface area contributed by atoms with Crippen LogP contribution in [0.1, 0.15) is 50.0 Å². The SMILES string of the molecule is COCOc1cc(-c2nc3c4c(nc(OC[C@@]56CCCN5C[C@H](F)C6)nc4c2F)N(C)[C@@H](CCO)CO3)c2c(C3CC3)c(F)ccc2c1. The molecule has 3 aliphatic heterocycles. The number of aliphatic hydroxyl groups excluding tert-OH is 1. The van der Waals surface area contributed by atoms with Crippen LogP contribution in [0.4, 0.5) is 19.0 Å². The third kappa shape index (κ3) is 5.26. The Morgan fingerprint density at radius 2 is 1.96 bits per heavy atom. The van der Waals surface area contributed by atoms with Crippen LogP contribution >= 0.6 is 0 Å². The molecule has 4 aliphatic rings. The van der Waals surface area contributed by atoms with Gasteiger partial charge in [-0.1, -0.05) is 6.07 Å². The highest BCUT2D eigenvalue weighted by atomic mass is 19.1. The second-order valence-electron chi connectivity index (χ2n) is 13.4. The van der Waals surface area contributed by atoms with Gasteiger partial charge >= 0.3 is 6.01 Å². The summed E-state index contributed by atoms with van der Waals surface area (Å²) in [5.74, 6) is -0.228. The minimum atomic E-state index is -0.934. The second-order valence-corrected chi connectivity index (χ2v) is 13.4. The molecule has 1 aliphatic carbocycles. The molecular weight excluding hydrogens is 627 g/mol. The van der Waals surface area contributed by atoms with E-state index in [4.69, 9.17) is 28.9 Å². The maximum absolute atomic E-state index is 17.2. The number of rotatable bonds is 10. The molecule has 2 aromatic carbocycles. The van der Waals surface area contributed by atoms with Crippen molar-refractivity contribution in [3.63, 3.8) is 0 Å². The molecule has 254 valence electrons. The first-order chi connectivity index (χ1) is 23.3. The lowest BCUT2D eigenvalue weighted by Gasteiger charge is -2.31. The van der Waals surface area contributed by atoms with Crippen molar-refractivity contribution in [1.82, 2.24) is 19.9 Å². The Kier molecular flexibility index (Phi) is 7.96. The van der Waals surface area contributed by atoms with Gasteiger partial charge in [0.2, 0.25) is 5.88 Å². The summed E-state index contributed by atoms with van der Waals surface area (Å²) in [7, 11) is 3.30. The second kappa shape index (κ2) is 12.2. The standard InChI is InChI=1S/C35H38F3N5O5/c1-42-22(8-11-44)16-46-33-28-31(40-34(41-32(28)42)47-17-35-9-3-10-43(35)15-21(36)14-35)29(38)30(39-33)24-13-23(48-18-45-2)12-20-6-7-25(37)27(26(20)24)19-4-5-19/h6-7,12-13,19,21-22,44H,3-5,8-11,14-18H2,1-2H3/t21-,22+,35+/m1/s1. The van der Waals surface area contributed by atoms with E-state index in [2.05, 4.69) is 9.88 Å². The Morgan fingerprint density at radius 3 is 2.75 bits per heavy atom. The van der Waals surface area contributed by atoms with Crippen LogP contribution in [0.5, 0.6) is 17.6 Å². The molecule has 8 rings (SSSR count). The van der Waals surface area contributed by atoms with Crippen molar-refractivity contribution < 1.29 is 37.2 Å². The van der Waals surface area contributed by atoms with E-state index in [1.165, 1.54) is 13.2 Å². The predicted octanol–water partition coefficient (Wildman–Crippen LogP) is 5.52. The maximum Gasteiger partial charge on any atom is 0.319 e. The highest BCUT2D eigenvalue weighted by Gasteiger charge is 2.49. The monoisotopic (exact) mass is 665 g/mol. The number of methoxy groups -OCH3 is 1. The first kappa shape index (κ1) is 31.3. The summed E-state index contributed by atoms with van der Waals surface area (Å²) in [6.45, 7) is 1.34. The smallest absolute Gasteiger partial charge is 0.319 e. The van der Waals surface area contributed by atoms with E-state index in [-0.39, 0.29) is 72.9 Å². The Labute approximate surface area is 275 Å². The number of halogens is 3. The number of fused-ring (bicyclic) bond motifs is 2. The summed E-state index contributed by atoms with van der Waals surface area (Å²) < 4.78 is 70.6. The lowest BCUT2D eigenvalue weighted by Crippen LogP contribution is -2.43. The summed E-state index contributed by atoms with van der Waals surface area (Å²) >= 11 is 0. The lowest BCUT2D eigenvalue weighted by molar-refractivity contribution is 0.0512. The zero-order valence-electron chi connectivity index (χ0n) is 27.0. The Bertz CT molecular complexity index is 1890. The van der Waals surface area contributed by atoms with Crippen LogP contribution in [0.15, 0.2) is 24.3 Å². The zero-order valence-corrected chi connectivity index (χ0v) is 27.0. The molecular formula is C35H38F3N5O5. The number of hydrogen-bond donors (Lipinski definition) is 1. The van der Waals surface area contributed by atoms with E-state index in [1.54, 1.807) is 25.2 Å². The number of aliphatic hydroxyl groups is 1. The van der Waals surface area contributed by atoms with Crippen molar-refractivity contribution in [3.8, 4) is 28.9 Å². The summed E-state index contributed by atoms with van der Waals surface area (Å²) in [6.07, 6.45) is 3.19. The fourth-order valence-electron chi connectivity index (χ4n) is 7.85. The number of anilines is 1. The van der Waals surface area contributed by atoms with Crippen molar-refractivity contribution in [1.29, 1.82) is 0 Å². The number of likely N-dealkylation sites (N-methyl/N-ethyl adjacent to an activating group) is 1. The van der Waals surface area contributed by atoms with Crippen LogP contribution in [0, 0.1) is 11.6 Å². The summed E-state index contributed by atoms with van der Waals surface area (Å²) in [5.41, 5.74) is 0.258. The molecule has 0 unspecified atom stereocenters. The van der Waals surface area contributed by atoms with Gasteiger partial charge in [0.15, 0.2) is 12.6 Å². The summed E-state index contributed by atoms with van der Waals surface area (Å²) in [4.78, 5) is 18.0. The van der Waals surface area contributed by atoms with Crippen molar-refractivity contribution >= 4 is 27.5 Å². The molecule has 2 saturated heterocycles. The molecule has 0 radical (unpaired) electrons. The van der Waals surface area contributed by atoms with Crippen LogP contribution < -0.4 is 19.1 Å². The quantitative estimate of drug-likeness (QED) is 0.218. The number of aromatic nitrogens is 3. The minimum Gasteiger partial charge on any atom is -0.475 e. The van der Waals surface area contributed by atoms with Gasteiger partial charge in [-0.15, -0.1) is 0 Å². The number of pyridine rings is 1. The minimum absolute atomic E-state index is 0.00960. The summed E-state index contributed by atoms with van der Waals surface area (Å²) in [6, 6.07) is 6.16. The van der Waals surface area contributed by atoms with Crippen LogP contribution in [0.2, 0.25) is 0 Å². The van der Waals surface area contributed by atoms with Crippen LogP contribution in [0.25, 0.3) is 32.9 Å². The molecule has 48 heavy (non-hydrogen) atoms. The highest BCUT2D eigenvalue weighted by molar-refractivity contribution is 6.03. The lowest BCUT2D eigenvalue weighted by atomic mass is 9.93.